The predicted octanol–water partition coefficient (Wildman–Crippen LogP) is 3.46. The molecule has 0 amide bonds. The maximum absolute atomic E-state index is 13.6. The summed E-state index contributed by atoms with van der Waals surface area (Å²) >= 11 is 0. The van der Waals surface area contributed by atoms with E-state index in [1.807, 2.05) is 0 Å². The summed E-state index contributed by atoms with van der Waals surface area (Å²) in [5.41, 5.74) is 4.11. The Morgan fingerprint density at radius 3 is 2.24 bits per heavy atom. The first kappa shape index (κ1) is 22.7. The molecule has 0 aliphatic carbocycles. The Hall–Kier alpha value is -2.57. The van der Waals surface area contributed by atoms with Crippen molar-refractivity contribution >= 4 is 15.7 Å². The van der Waals surface area contributed by atoms with Crippen LogP contribution in [0.25, 0.3) is 0 Å². The number of nitro groups is 1. The van der Waals surface area contributed by atoms with Crippen molar-refractivity contribution in [3.8, 4) is 0 Å². The van der Waals surface area contributed by atoms with E-state index in [1.54, 1.807) is 0 Å². The van der Waals surface area contributed by atoms with Crippen LogP contribution in [0.1, 0.15) is 24.1 Å². The van der Waals surface area contributed by atoms with E-state index < -0.39 is 45.1 Å². The number of benzene rings is 2. The van der Waals surface area contributed by atoms with Crippen LogP contribution in [0.2, 0.25) is 0 Å². The third kappa shape index (κ3) is 5.28. The summed E-state index contributed by atoms with van der Waals surface area (Å²) in [4.78, 5) is 9.77. The van der Waals surface area contributed by atoms with Gasteiger partial charge in [0.25, 0.3) is 5.69 Å². The van der Waals surface area contributed by atoms with E-state index in [9.17, 15) is 36.1 Å². The highest BCUT2D eigenvalue weighted by molar-refractivity contribution is 7.89. The van der Waals surface area contributed by atoms with Crippen molar-refractivity contribution in [2.24, 2.45) is 5.73 Å². The topological polar surface area (TPSA) is 107 Å². The number of rotatable bonds is 7. The molecule has 0 aliphatic rings. The largest absolute Gasteiger partial charge is 0.416 e. The zero-order chi connectivity index (χ0) is 22.0. The van der Waals surface area contributed by atoms with Crippen molar-refractivity contribution in [2.45, 2.75) is 24.0 Å². The number of nitrogens with two attached hydrogens (primary N) is 1. The first-order valence-electron chi connectivity index (χ1n) is 8.24. The van der Waals surface area contributed by atoms with E-state index in [0.717, 1.165) is 34.6 Å². The lowest BCUT2D eigenvalue weighted by molar-refractivity contribution is -0.384. The number of alkyl halides is 3. The van der Waals surface area contributed by atoms with Crippen molar-refractivity contribution in [1.29, 1.82) is 0 Å². The molecule has 0 heterocycles. The van der Waals surface area contributed by atoms with Gasteiger partial charge >= 0.3 is 6.18 Å². The SMILES string of the molecule is CCN(CC(N)c1cc(F)cc(C(F)(F)F)c1)S(=O)(=O)c1ccc([N+](=O)[O-])cc1. The van der Waals surface area contributed by atoms with E-state index in [2.05, 4.69) is 0 Å². The van der Waals surface area contributed by atoms with Gasteiger partial charge in [-0.15, -0.1) is 0 Å². The average Bonchev–Trinajstić information content (AvgIpc) is 2.64. The van der Waals surface area contributed by atoms with E-state index in [0.29, 0.717) is 12.1 Å². The number of halogens is 4. The lowest BCUT2D eigenvalue weighted by atomic mass is 10.0. The summed E-state index contributed by atoms with van der Waals surface area (Å²) in [6, 6.07) is 4.69. The summed E-state index contributed by atoms with van der Waals surface area (Å²) in [6.45, 7) is 0.993. The number of nitro benzene ring substituents is 1. The van der Waals surface area contributed by atoms with Crippen LogP contribution in [0.5, 0.6) is 0 Å². The Labute approximate surface area is 163 Å². The smallest absolute Gasteiger partial charge is 0.323 e. The quantitative estimate of drug-likeness (QED) is 0.407. The minimum Gasteiger partial charge on any atom is -0.323 e. The highest BCUT2D eigenvalue weighted by Crippen LogP contribution is 2.32. The van der Waals surface area contributed by atoms with Crippen molar-refractivity contribution in [3.05, 3.63) is 69.5 Å². The number of non-ortho nitro benzene ring substituents is 1. The van der Waals surface area contributed by atoms with Crippen LogP contribution < -0.4 is 5.73 Å². The molecule has 2 aromatic carbocycles. The fourth-order valence-electron chi connectivity index (χ4n) is 2.60. The van der Waals surface area contributed by atoms with E-state index in [4.69, 9.17) is 5.73 Å². The molecule has 0 aliphatic heterocycles. The molecule has 0 saturated carbocycles. The highest BCUT2D eigenvalue weighted by Gasteiger charge is 2.32. The summed E-state index contributed by atoms with van der Waals surface area (Å²) in [5.74, 6) is -1.15. The van der Waals surface area contributed by atoms with Crippen LogP contribution in [-0.2, 0) is 16.2 Å². The Bertz CT molecular complexity index is 995. The average molecular weight is 435 g/mol. The second-order valence-electron chi connectivity index (χ2n) is 6.08. The molecule has 0 saturated heterocycles. The predicted molar refractivity (Wildman–Crippen MR) is 95.9 cm³/mol. The lowest BCUT2D eigenvalue weighted by Gasteiger charge is -2.24. The number of likely N-dealkylation sites (N-methyl/N-ethyl adjacent to an activating group) is 1. The van der Waals surface area contributed by atoms with Gasteiger partial charge in [0, 0.05) is 31.3 Å². The van der Waals surface area contributed by atoms with Gasteiger partial charge in [0.15, 0.2) is 0 Å². The first-order chi connectivity index (χ1) is 13.4. The molecular formula is C17H17F4N3O4S. The van der Waals surface area contributed by atoms with Crippen LogP contribution in [0.3, 0.4) is 0 Å². The number of nitrogens with zero attached hydrogens (tertiary/aromatic N) is 2. The molecule has 0 bridgehead atoms. The van der Waals surface area contributed by atoms with Gasteiger partial charge in [0.05, 0.1) is 15.4 Å². The first-order valence-corrected chi connectivity index (χ1v) is 9.68. The van der Waals surface area contributed by atoms with Crippen molar-refractivity contribution in [2.75, 3.05) is 13.1 Å². The van der Waals surface area contributed by atoms with Gasteiger partial charge in [-0.05, 0) is 35.9 Å². The number of hydrogen-bond acceptors (Lipinski definition) is 5. The van der Waals surface area contributed by atoms with Gasteiger partial charge in [0.1, 0.15) is 5.82 Å². The standard InChI is InChI=1S/C17H17F4N3O4S/c1-2-23(29(27,28)15-5-3-14(4-6-15)24(25)26)10-16(22)11-7-12(17(19,20)21)9-13(18)8-11/h3-9,16H,2,10,22H2,1H3. The third-order valence-corrected chi connectivity index (χ3v) is 6.07. The molecule has 1 atom stereocenters. The van der Waals surface area contributed by atoms with Crippen LogP contribution in [0, 0.1) is 15.9 Å². The van der Waals surface area contributed by atoms with Crippen molar-refractivity contribution < 1.29 is 30.9 Å². The third-order valence-electron chi connectivity index (χ3n) is 4.11. The van der Waals surface area contributed by atoms with Gasteiger partial charge in [-0.25, -0.2) is 12.8 Å². The Morgan fingerprint density at radius 1 is 1.17 bits per heavy atom. The van der Waals surface area contributed by atoms with Gasteiger partial charge in [-0.2, -0.15) is 17.5 Å². The molecule has 1 unspecified atom stereocenters. The Morgan fingerprint density at radius 2 is 1.76 bits per heavy atom. The van der Waals surface area contributed by atoms with Gasteiger partial charge in [-0.3, -0.25) is 10.1 Å². The zero-order valence-electron chi connectivity index (χ0n) is 15.1. The number of sulfonamides is 1. The minimum atomic E-state index is -4.79. The van der Waals surface area contributed by atoms with Crippen molar-refractivity contribution in [1.82, 2.24) is 4.31 Å². The van der Waals surface area contributed by atoms with E-state index in [-0.39, 0.29) is 22.7 Å². The van der Waals surface area contributed by atoms with Gasteiger partial charge in [-0.1, -0.05) is 6.92 Å². The highest BCUT2D eigenvalue weighted by atomic mass is 32.2. The summed E-state index contributed by atoms with van der Waals surface area (Å²) in [6.07, 6.45) is -4.79. The monoisotopic (exact) mass is 435 g/mol. The zero-order valence-corrected chi connectivity index (χ0v) is 15.9. The summed E-state index contributed by atoms with van der Waals surface area (Å²) in [5, 5.41) is 10.7. The molecule has 158 valence electrons. The normalized spacial score (nSPS) is 13.5. The van der Waals surface area contributed by atoms with Gasteiger partial charge < -0.3 is 5.73 Å². The second kappa shape index (κ2) is 8.43. The molecule has 2 aromatic rings. The number of hydrogen-bond donors (Lipinski definition) is 1. The van der Waals surface area contributed by atoms with Crippen LogP contribution in [-0.4, -0.2) is 30.7 Å². The van der Waals surface area contributed by atoms with Crippen molar-refractivity contribution in [3.63, 3.8) is 0 Å². The molecule has 0 radical (unpaired) electrons. The molecule has 2 rings (SSSR count). The molecule has 2 N–H and O–H groups in total. The molecule has 12 heteroatoms. The summed E-state index contributed by atoms with van der Waals surface area (Å²) < 4.78 is 78.6. The maximum atomic E-state index is 13.6. The molecule has 0 spiro atoms. The van der Waals surface area contributed by atoms with Crippen LogP contribution in [0.4, 0.5) is 23.2 Å². The van der Waals surface area contributed by atoms with Crippen LogP contribution in [0.15, 0.2) is 47.4 Å². The van der Waals surface area contributed by atoms with E-state index >= 15 is 0 Å². The van der Waals surface area contributed by atoms with Gasteiger partial charge in [0.2, 0.25) is 10.0 Å². The van der Waals surface area contributed by atoms with E-state index in [1.165, 1.54) is 6.92 Å². The fraction of sp³-hybridized carbons (Fsp3) is 0.294. The molecular weight excluding hydrogens is 418 g/mol. The van der Waals surface area contributed by atoms with Crippen LogP contribution >= 0.6 is 0 Å². The fourth-order valence-corrected chi connectivity index (χ4v) is 4.08. The second-order valence-corrected chi connectivity index (χ2v) is 8.02. The minimum absolute atomic E-state index is 0.0749. The summed E-state index contributed by atoms with van der Waals surface area (Å²) in [7, 11) is -4.13. The molecule has 0 aromatic heterocycles. The maximum Gasteiger partial charge on any atom is 0.416 e. The molecule has 29 heavy (non-hydrogen) atoms. The molecule has 7 nitrogen and oxygen atoms in total. The lowest BCUT2D eigenvalue weighted by Crippen LogP contribution is -2.37. The molecule has 0 fully saturated rings. The Kier molecular flexibility index (Phi) is 6.60. The Balaban J connectivity index is 2.31.